The standard InChI is InChI=1S/C21H25NO5/c1-5-14(2)26-21(24)15(3)27-19-10-6-16(7-11-19)20(23)22-17-8-12-18(25-4)13-9-17/h6-15H,5H2,1-4H3,(H,22,23)/t14-,15+/m0/s1. The molecule has 0 spiro atoms. The Kier molecular flexibility index (Phi) is 7.23. The lowest BCUT2D eigenvalue weighted by Gasteiger charge is -2.17. The third-order valence-electron chi connectivity index (χ3n) is 4.00. The molecule has 0 fully saturated rings. The second-order valence-electron chi connectivity index (χ2n) is 6.12. The highest BCUT2D eigenvalue weighted by Crippen LogP contribution is 2.18. The summed E-state index contributed by atoms with van der Waals surface area (Å²) in [5.74, 6) is 0.557. The summed E-state index contributed by atoms with van der Waals surface area (Å²) in [6.07, 6.45) is -0.123. The molecule has 0 aliphatic rings. The van der Waals surface area contributed by atoms with Gasteiger partial charge in [0.05, 0.1) is 13.2 Å². The first-order valence-electron chi connectivity index (χ1n) is 8.85. The van der Waals surface area contributed by atoms with Crippen LogP contribution in [0.1, 0.15) is 37.6 Å². The molecule has 0 saturated carbocycles. The van der Waals surface area contributed by atoms with Crippen LogP contribution in [0.15, 0.2) is 48.5 Å². The van der Waals surface area contributed by atoms with Gasteiger partial charge in [-0.15, -0.1) is 0 Å². The van der Waals surface area contributed by atoms with Gasteiger partial charge in [0.15, 0.2) is 6.10 Å². The number of nitrogens with one attached hydrogen (secondary N) is 1. The van der Waals surface area contributed by atoms with Crippen molar-refractivity contribution in [2.75, 3.05) is 12.4 Å². The van der Waals surface area contributed by atoms with Crippen LogP contribution in [0.25, 0.3) is 0 Å². The summed E-state index contributed by atoms with van der Waals surface area (Å²) in [6, 6.07) is 13.6. The lowest BCUT2D eigenvalue weighted by molar-refractivity contribution is -0.155. The van der Waals surface area contributed by atoms with Crippen LogP contribution in [0.5, 0.6) is 11.5 Å². The van der Waals surface area contributed by atoms with Crippen molar-refractivity contribution in [2.45, 2.75) is 39.4 Å². The summed E-state index contributed by atoms with van der Waals surface area (Å²) in [5.41, 5.74) is 1.15. The zero-order valence-corrected chi connectivity index (χ0v) is 16.0. The molecule has 2 aromatic carbocycles. The van der Waals surface area contributed by atoms with Gasteiger partial charge in [0.25, 0.3) is 5.91 Å². The molecule has 1 amide bonds. The number of hydrogen-bond acceptors (Lipinski definition) is 5. The third-order valence-corrected chi connectivity index (χ3v) is 4.00. The van der Waals surface area contributed by atoms with E-state index in [1.54, 1.807) is 62.6 Å². The topological polar surface area (TPSA) is 73.9 Å². The molecule has 0 aliphatic carbocycles. The van der Waals surface area contributed by atoms with Gasteiger partial charge in [-0.05, 0) is 68.8 Å². The number of ether oxygens (including phenoxy) is 3. The first kappa shape index (κ1) is 20.3. The molecule has 144 valence electrons. The Hall–Kier alpha value is -3.02. The van der Waals surface area contributed by atoms with Crippen LogP contribution in [0.3, 0.4) is 0 Å². The molecule has 0 heterocycles. The van der Waals surface area contributed by atoms with E-state index in [-0.39, 0.29) is 12.0 Å². The van der Waals surface area contributed by atoms with E-state index >= 15 is 0 Å². The second kappa shape index (κ2) is 9.62. The molecule has 0 radical (unpaired) electrons. The van der Waals surface area contributed by atoms with Gasteiger partial charge in [0.2, 0.25) is 0 Å². The zero-order chi connectivity index (χ0) is 19.8. The molecule has 2 aromatic rings. The average Bonchev–Trinajstić information content (AvgIpc) is 2.68. The monoisotopic (exact) mass is 371 g/mol. The molecule has 6 heteroatoms. The van der Waals surface area contributed by atoms with Crippen LogP contribution in [0.4, 0.5) is 5.69 Å². The second-order valence-corrected chi connectivity index (χ2v) is 6.12. The molecule has 27 heavy (non-hydrogen) atoms. The molecule has 0 bridgehead atoms. The van der Waals surface area contributed by atoms with E-state index < -0.39 is 12.1 Å². The number of methoxy groups -OCH3 is 1. The Labute approximate surface area is 159 Å². The summed E-state index contributed by atoms with van der Waals surface area (Å²) in [7, 11) is 1.59. The van der Waals surface area contributed by atoms with Crippen LogP contribution in [-0.4, -0.2) is 31.2 Å². The van der Waals surface area contributed by atoms with Crippen molar-refractivity contribution in [2.24, 2.45) is 0 Å². The highest BCUT2D eigenvalue weighted by molar-refractivity contribution is 6.04. The lowest BCUT2D eigenvalue weighted by Crippen LogP contribution is -2.29. The van der Waals surface area contributed by atoms with E-state index in [1.807, 2.05) is 13.8 Å². The zero-order valence-electron chi connectivity index (χ0n) is 16.0. The SMILES string of the molecule is CC[C@H](C)OC(=O)[C@@H](C)Oc1ccc(C(=O)Nc2ccc(OC)cc2)cc1. The number of anilines is 1. The normalized spacial score (nSPS) is 12.6. The Morgan fingerprint density at radius 3 is 2.11 bits per heavy atom. The largest absolute Gasteiger partial charge is 0.497 e. The van der Waals surface area contributed by atoms with Gasteiger partial charge in [-0.2, -0.15) is 0 Å². The van der Waals surface area contributed by atoms with E-state index in [0.29, 0.717) is 17.0 Å². The number of benzene rings is 2. The molecular formula is C21H25NO5. The first-order valence-corrected chi connectivity index (χ1v) is 8.85. The Morgan fingerprint density at radius 1 is 0.963 bits per heavy atom. The predicted octanol–water partition coefficient (Wildman–Crippen LogP) is 4.06. The van der Waals surface area contributed by atoms with E-state index in [1.165, 1.54) is 0 Å². The van der Waals surface area contributed by atoms with Crippen molar-refractivity contribution in [1.82, 2.24) is 0 Å². The van der Waals surface area contributed by atoms with Gasteiger partial charge >= 0.3 is 5.97 Å². The maximum absolute atomic E-state index is 12.3. The minimum Gasteiger partial charge on any atom is -0.497 e. The van der Waals surface area contributed by atoms with Crippen molar-refractivity contribution in [3.8, 4) is 11.5 Å². The molecular weight excluding hydrogens is 346 g/mol. The number of carbonyl (C=O) groups excluding carboxylic acids is 2. The Balaban J connectivity index is 1.93. The highest BCUT2D eigenvalue weighted by Gasteiger charge is 2.18. The molecule has 2 rings (SSSR count). The minimum absolute atomic E-state index is 0.146. The maximum Gasteiger partial charge on any atom is 0.347 e. The number of hydrogen-bond donors (Lipinski definition) is 1. The fourth-order valence-corrected chi connectivity index (χ4v) is 2.19. The quantitative estimate of drug-likeness (QED) is 0.709. The maximum atomic E-state index is 12.3. The lowest BCUT2D eigenvalue weighted by atomic mass is 10.2. The fourth-order valence-electron chi connectivity index (χ4n) is 2.19. The van der Waals surface area contributed by atoms with Gasteiger partial charge < -0.3 is 19.5 Å². The van der Waals surface area contributed by atoms with Crippen LogP contribution < -0.4 is 14.8 Å². The number of esters is 1. The average molecular weight is 371 g/mol. The molecule has 6 nitrogen and oxygen atoms in total. The summed E-state index contributed by atoms with van der Waals surface area (Å²) in [6.45, 7) is 5.41. The Morgan fingerprint density at radius 2 is 1.56 bits per heavy atom. The van der Waals surface area contributed by atoms with E-state index in [2.05, 4.69) is 5.32 Å². The first-order chi connectivity index (χ1) is 12.9. The minimum atomic E-state index is -0.724. The van der Waals surface area contributed by atoms with Crippen LogP contribution in [0, 0.1) is 0 Å². The van der Waals surface area contributed by atoms with Crippen molar-refractivity contribution in [3.05, 3.63) is 54.1 Å². The number of rotatable bonds is 8. The fraction of sp³-hybridized carbons (Fsp3) is 0.333. The molecule has 0 unspecified atom stereocenters. The molecule has 0 saturated heterocycles. The van der Waals surface area contributed by atoms with Gasteiger partial charge in [-0.1, -0.05) is 6.92 Å². The van der Waals surface area contributed by atoms with Gasteiger partial charge in [-0.3, -0.25) is 4.79 Å². The summed E-state index contributed by atoms with van der Waals surface area (Å²) in [4.78, 5) is 24.2. The van der Waals surface area contributed by atoms with Crippen LogP contribution in [-0.2, 0) is 9.53 Å². The molecule has 0 aliphatic heterocycles. The van der Waals surface area contributed by atoms with Crippen LogP contribution in [0.2, 0.25) is 0 Å². The van der Waals surface area contributed by atoms with Crippen molar-refractivity contribution in [3.63, 3.8) is 0 Å². The van der Waals surface area contributed by atoms with Crippen molar-refractivity contribution < 1.29 is 23.8 Å². The molecule has 1 N–H and O–H groups in total. The summed E-state index contributed by atoms with van der Waals surface area (Å²) < 4.78 is 15.9. The van der Waals surface area contributed by atoms with Crippen molar-refractivity contribution in [1.29, 1.82) is 0 Å². The number of carbonyl (C=O) groups is 2. The smallest absolute Gasteiger partial charge is 0.347 e. The summed E-state index contributed by atoms with van der Waals surface area (Å²) >= 11 is 0. The third kappa shape index (κ3) is 6.02. The van der Waals surface area contributed by atoms with Gasteiger partial charge in [-0.25, -0.2) is 4.79 Å². The Bertz CT molecular complexity index is 755. The number of amides is 1. The summed E-state index contributed by atoms with van der Waals surface area (Å²) in [5, 5.41) is 2.81. The van der Waals surface area contributed by atoms with Gasteiger partial charge in [0, 0.05) is 11.3 Å². The van der Waals surface area contributed by atoms with Crippen molar-refractivity contribution >= 4 is 17.6 Å². The van der Waals surface area contributed by atoms with E-state index in [0.717, 1.165) is 12.2 Å². The van der Waals surface area contributed by atoms with Crippen LogP contribution >= 0.6 is 0 Å². The van der Waals surface area contributed by atoms with Gasteiger partial charge in [0.1, 0.15) is 11.5 Å². The highest BCUT2D eigenvalue weighted by atomic mass is 16.6. The predicted molar refractivity (Wildman–Crippen MR) is 103 cm³/mol. The van der Waals surface area contributed by atoms with E-state index in [9.17, 15) is 9.59 Å². The van der Waals surface area contributed by atoms with E-state index in [4.69, 9.17) is 14.2 Å². The molecule has 2 atom stereocenters. The molecule has 0 aromatic heterocycles.